The zero-order valence-electron chi connectivity index (χ0n) is 29.4. The molecule has 266 valence electrons. The molecule has 0 aromatic heterocycles. The number of carbonyl (C=O) groups excluding carboxylic acids is 5. The lowest BCUT2D eigenvalue weighted by Gasteiger charge is -2.37. The third-order valence-electron chi connectivity index (χ3n) is 9.93. The Bertz CT molecular complexity index is 1320. The van der Waals surface area contributed by atoms with Crippen molar-refractivity contribution in [2.45, 2.75) is 129 Å². The predicted octanol–water partition coefficient (Wildman–Crippen LogP) is 3.29. The number of rotatable bonds is 13. The van der Waals surface area contributed by atoms with Crippen LogP contribution < -0.4 is 16.0 Å². The molecule has 13 heteroatoms. The van der Waals surface area contributed by atoms with Crippen molar-refractivity contribution in [3.05, 3.63) is 12.7 Å². The Balaban J connectivity index is 1.80. The van der Waals surface area contributed by atoms with Crippen LogP contribution in [0.2, 0.25) is 0 Å². The number of allylic oxidation sites excluding steroid dienone is 1. The van der Waals surface area contributed by atoms with Crippen LogP contribution in [0.3, 0.4) is 0 Å². The number of piperidine rings is 1. The second-order valence-electron chi connectivity index (χ2n) is 15.9. The zero-order chi connectivity index (χ0) is 35.5. The van der Waals surface area contributed by atoms with Crippen LogP contribution in [0.15, 0.2) is 12.7 Å². The molecular weight excluding hydrogens is 624 g/mol. The van der Waals surface area contributed by atoms with Crippen LogP contribution in [0.25, 0.3) is 0 Å². The molecule has 3 fully saturated rings. The molecule has 1 aliphatic heterocycles. The van der Waals surface area contributed by atoms with E-state index in [4.69, 9.17) is 4.74 Å². The number of sulfone groups is 1. The van der Waals surface area contributed by atoms with Gasteiger partial charge in [0.2, 0.25) is 17.6 Å². The third-order valence-corrected chi connectivity index (χ3v) is 12.5. The highest BCUT2D eigenvalue weighted by molar-refractivity contribution is 7.92. The summed E-state index contributed by atoms with van der Waals surface area (Å²) in [4.78, 5) is 68.9. The number of carbonyl (C=O) groups is 5. The molecule has 0 bridgehead atoms. The highest BCUT2D eigenvalue weighted by atomic mass is 32.2. The maximum Gasteiger partial charge on any atom is 0.408 e. The first-order valence-corrected chi connectivity index (χ1v) is 18.5. The van der Waals surface area contributed by atoms with E-state index in [9.17, 15) is 32.4 Å². The van der Waals surface area contributed by atoms with Crippen LogP contribution in [0.4, 0.5) is 4.79 Å². The van der Waals surface area contributed by atoms with Crippen molar-refractivity contribution in [2.24, 2.45) is 23.2 Å². The lowest BCUT2D eigenvalue weighted by atomic mass is 9.83. The first-order valence-electron chi connectivity index (χ1n) is 16.9. The van der Waals surface area contributed by atoms with Crippen molar-refractivity contribution in [3.8, 4) is 0 Å². The molecule has 12 nitrogen and oxygen atoms in total. The number of likely N-dealkylation sites (tertiary alicyclic amines) is 1. The molecule has 0 spiro atoms. The first-order chi connectivity index (χ1) is 21.6. The van der Waals surface area contributed by atoms with Gasteiger partial charge in [-0.1, -0.05) is 39.2 Å². The van der Waals surface area contributed by atoms with Gasteiger partial charge in [-0.15, -0.1) is 6.58 Å². The van der Waals surface area contributed by atoms with Crippen molar-refractivity contribution in [2.75, 3.05) is 18.8 Å². The number of nitrogens with one attached hydrogen (secondary N) is 3. The maximum absolute atomic E-state index is 14.3. The minimum atomic E-state index is -3.52. The minimum Gasteiger partial charge on any atom is -0.444 e. The predicted molar refractivity (Wildman–Crippen MR) is 179 cm³/mol. The summed E-state index contributed by atoms with van der Waals surface area (Å²) in [7, 11) is -3.52. The number of hydrogen-bond donors (Lipinski definition) is 3. The van der Waals surface area contributed by atoms with Crippen LogP contribution >= 0.6 is 0 Å². The normalized spacial score (nSPS) is 23.9. The number of ether oxygens (including phenoxy) is 1. The van der Waals surface area contributed by atoms with E-state index >= 15 is 0 Å². The van der Waals surface area contributed by atoms with Crippen molar-refractivity contribution in [1.29, 1.82) is 0 Å². The van der Waals surface area contributed by atoms with E-state index in [2.05, 4.69) is 22.5 Å². The largest absolute Gasteiger partial charge is 0.444 e. The van der Waals surface area contributed by atoms with Gasteiger partial charge in [-0.25, -0.2) is 13.2 Å². The number of alkyl carbamates (subject to hydrolysis) is 1. The van der Waals surface area contributed by atoms with Crippen molar-refractivity contribution >= 4 is 39.4 Å². The van der Waals surface area contributed by atoms with E-state index in [0.29, 0.717) is 13.0 Å². The number of ketones is 1. The molecule has 3 N–H and O–H groups in total. The van der Waals surface area contributed by atoms with Crippen LogP contribution in [0.1, 0.15) is 100 Å². The van der Waals surface area contributed by atoms with Crippen LogP contribution in [-0.2, 0) is 33.8 Å². The number of fused-ring (bicyclic) bond motifs is 1. The Hall–Kier alpha value is -2.96. The van der Waals surface area contributed by atoms with Crippen LogP contribution in [0, 0.1) is 23.2 Å². The fourth-order valence-corrected chi connectivity index (χ4v) is 7.92. The molecular formula is C34H56N4O8S. The van der Waals surface area contributed by atoms with Gasteiger partial charge in [0.25, 0.3) is 5.91 Å². The number of amides is 4. The molecule has 0 aromatic carbocycles. The Kier molecular flexibility index (Phi) is 12.0. The van der Waals surface area contributed by atoms with Gasteiger partial charge in [-0.2, -0.15) is 0 Å². The topological polar surface area (TPSA) is 168 Å². The van der Waals surface area contributed by atoms with E-state index in [1.54, 1.807) is 52.5 Å². The summed E-state index contributed by atoms with van der Waals surface area (Å²) < 4.78 is 29.4. The monoisotopic (exact) mass is 680 g/mol. The molecule has 3 rings (SSSR count). The fraction of sp³-hybridized carbons (Fsp3) is 0.794. The SMILES string of the molecule is C=CCC[C@@H](NC(=O)[C@@H]1C2C(CN1C(=O)[C@@H](NC(=O)OC(C)(C)C)C1CCCCC1)C2(C)C)C(=O)C(=O)NCCS(=O)(=O)C(C)(C)C. The zero-order valence-corrected chi connectivity index (χ0v) is 30.3. The van der Waals surface area contributed by atoms with Gasteiger partial charge in [0.15, 0.2) is 9.84 Å². The van der Waals surface area contributed by atoms with E-state index < -0.39 is 62.0 Å². The number of hydrogen-bond acceptors (Lipinski definition) is 8. The summed E-state index contributed by atoms with van der Waals surface area (Å²) >= 11 is 0. The molecule has 1 saturated heterocycles. The summed E-state index contributed by atoms with van der Waals surface area (Å²) in [5.41, 5.74) is -0.972. The summed E-state index contributed by atoms with van der Waals surface area (Å²) in [6.45, 7) is 17.8. The van der Waals surface area contributed by atoms with E-state index in [-0.39, 0.29) is 47.8 Å². The van der Waals surface area contributed by atoms with Crippen LogP contribution in [0.5, 0.6) is 0 Å². The summed E-state index contributed by atoms with van der Waals surface area (Å²) in [6, 6.07) is -2.96. The Labute approximate surface area is 280 Å². The van der Waals surface area contributed by atoms with E-state index in [1.807, 2.05) is 13.8 Å². The Morgan fingerprint density at radius 2 is 1.62 bits per heavy atom. The number of Topliss-reactive ketones (excluding diaryl/α,β-unsaturated/α-hetero) is 1. The fourth-order valence-electron chi connectivity index (χ4n) is 6.94. The van der Waals surface area contributed by atoms with Gasteiger partial charge in [0, 0.05) is 13.1 Å². The summed E-state index contributed by atoms with van der Waals surface area (Å²) in [6.07, 6.45) is 5.76. The molecule has 3 aliphatic rings. The van der Waals surface area contributed by atoms with Crippen molar-refractivity contribution < 1.29 is 37.1 Å². The average molecular weight is 681 g/mol. The quantitative estimate of drug-likeness (QED) is 0.197. The van der Waals surface area contributed by atoms with Crippen molar-refractivity contribution in [3.63, 3.8) is 0 Å². The molecule has 0 radical (unpaired) electrons. The lowest BCUT2D eigenvalue weighted by molar-refractivity contribution is -0.145. The van der Waals surface area contributed by atoms with Gasteiger partial charge in [-0.05, 0) is 90.4 Å². The molecule has 0 aromatic rings. The van der Waals surface area contributed by atoms with E-state index in [1.165, 1.54) is 0 Å². The maximum atomic E-state index is 14.3. The highest BCUT2D eigenvalue weighted by Gasteiger charge is 2.69. The molecule has 5 atom stereocenters. The summed E-state index contributed by atoms with van der Waals surface area (Å²) in [5.74, 6) is -3.33. The van der Waals surface area contributed by atoms with Crippen molar-refractivity contribution in [1.82, 2.24) is 20.9 Å². The highest BCUT2D eigenvalue weighted by Crippen LogP contribution is 2.65. The molecule has 2 saturated carbocycles. The Morgan fingerprint density at radius 1 is 1.00 bits per heavy atom. The van der Waals surface area contributed by atoms with Gasteiger partial charge >= 0.3 is 6.09 Å². The Morgan fingerprint density at radius 3 is 2.17 bits per heavy atom. The smallest absolute Gasteiger partial charge is 0.408 e. The van der Waals surface area contributed by atoms with Crippen LogP contribution in [-0.4, -0.2) is 90.2 Å². The minimum absolute atomic E-state index is 0.0612. The summed E-state index contributed by atoms with van der Waals surface area (Å²) in [5, 5.41) is 7.97. The lowest BCUT2D eigenvalue weighted by Crippen LogP contribution is -2.60. The van der Waals surface area contributed by atoms with Gasteiger partial charge in [-0.3, -0.25) is 19.2 Å². The first kappa shape index (κ1) is 38.5. The third kappa shape index (κ3) is 9.35. The van der Waals surface area contributed by atoms with Gasteiger partial charge in [0.1, 0.15) is 17.7 Å². The second-order valence-corrected chi connectivity index (χ2v) is 18.8. The van der Waals surface area contributed by atoms with Gasteiger partial charge in [0.05, 0.1) is 16.5 Å². The molecule has 2 unspecified atom stereocenters. The standard InChI is InChI=1S/C34H56N4O8S/c1-10-11-17-23(27(39)29(41)35-18-19-47(44,45)33(5,6)7)36-28(40)26-24-22(34(24,8)9)20-38(26)30(42)25(21-15-13-12-14-16-21)37-31(43)46-32(2,3)4/h10,21-26H,1,11-20H2,2-9H3,(H,35,41)(H,36,40)(H,37,43)/t22?,23-,24?,25+,26+/m1/s1. The molecule has 2 aliphatic carbocycles. The molecule has 1 heterocycles. The number of nitrogens with zero attached hydrogens (tertiary/aromatic N) is 1. The molecule has 4 amide bonds. The van der Waals surface area contributed by atoms with E-state index in [0.717, 1.165) is 32.1 Å². The second kappa shape index (κ2) is 14.7. The average Bonchev–Trinajstić information content (AvgIpc) is 3.27. The molecule has 47 heavy (non-hydrogen) atoms. The van der Waals surface area contributed by atoms with Gasteiger partial charge < -0.3 is 25.6 Å².